The normalized spacial score (nSPS) is 18.4. The first-order chi connectivity index (χ1) is 13.1. The lowest BCUT2D eigenvalue weighted by Gasteiger charge is -2.12. The summed E-state index contributed by atoms with van der Waals surface area (Å²) in [6, 6.07) is 8.54. The Bertz CT molecular complexity index is 1030. The molecular weight excluding hydrogens is 423 g/mol. The minimum Gasteiger partial charge on any atom is -0.326 e. The number of carbonyl (C=O) groups excluding carboxylic acids is 2. The Hall–Kier alpha value is -2.09. The van der Waals surface area contributed by atoms with Crippen molar-refractivity contribution in [1.29, 1.82) is 0 Å². The van der Waals surface area contributed by atoms with Crippen LogP contribution in [0.1, 0.15) is 23.7 Å². The third-order valence-electron chi connectivity index (χ3n) is 4.54. The van der Waals surface area contributed by atoms with Gasteiger partial charge in [-0.3, -0.25) is 9.59 Å². The van der Waals surface area contributed by atoms with E-state index in [1.165, 1.54) is 36.4 Å². The summed E-state index contributed by atoms with van der Waals surface area (Å²) in [5.74, 6) is -0.194. The van der Waals surface area contributed by atoms with Gasteiger partial charge in [-0.2, -0.15) is 0 Å². The summed E-state index contributed by atoms with van der Waals surface area (Å²) in [6.07, 6.45) is 1.95. The van der Waals surface area contributed by atoms with Crippen LogP contribution < -0.4 is 10.6 Å². The van der Waals surface area contributed by atoms with E-state index in [4.69, 9.17) is 23.2 Å². The van der Waals surface area contributed by atoms with Crippen molar-refractivity contribution in [2.75, 3.05) is 16.9 Å². The highest BCUT2D eigenvalue weighted by atomic mass is 35.5. The van der Waals surface area contributed by atoms with Gasteiger partial charge in [-0.05, 0) is 48.7 Å². The van der Waals surface area contributed by atoms with Crippen LogP contribution in [0.5, 0.6) is 0 Å². The van der Waals surface area contributed by atoms with E-state index >= 15 is 0 Å². The van der Waals surface area contributed by atoms with Crippen molar-refractivity contribution in [3.63, 3.8) is 0 Å². The Morgan fingerprint density at radius 3 is 2.04 bits per heavy atom. The molecule has 0 spiro atoms. The number of rotatable bonds is 5. The molecule has 3 rings (SSSR count). The van der Waals surface area contributed by atoms with Crippen molar-refractivity contribution in [2.24, 2.45) is 11.8 Å². The molecule has 6 nitrogen and oxygen atoms in total. The number of hydrogen-bond acceptors (Lipinski definition) is 4. The van der Waals surface area contributed by atoms with Gasteiger partial charge >= 0.3 is 0 Å². The summed E-state index contributed by atoms with van der Waals surface area (Å²) in [6.45, 7) is 2.01. The molecule has 2 amide bonds. The molecule has 9 heteroatoms. The minimum absolute atomic E-state index is 0.00633. The van der Waals surface area contributed by atoms with Crippen LogP contribution in [0.3, 0.4) is 0 Å². The number of hydrogen-bond donors (Lipinski definition) is 2. The standard InChI is InChI=1S/C19H18Cl2N2O4S/c1-10-7-14(10)19(25)22-12-8-15(20)17(16(21)9-12)23-18(24)11-3-5-13(6-4-11)28(2,26)27/h3-6,8-10,14H,7H2,1-2H3,(H,22,25)(H,23,24)/t10-,14-/m1/s1. The average Bonchev–Trinajstić information content (AvgIpc) is 3.34. The number of halogens is 2. The van der Waals surface area contributed by atoms with Crippen LogP contribution in [0.2, 0.25) is 10.0 Å². The lowest BCUT2D eigenvalue weighted by molar-refractivity contribution is -0.117. The predicted molar refractivity (Wildman–Crippen MR) is 110 cm³/mol. The molecule has 1 aliphatic rings. The van der Waals surface area contributed by atoms with Crippen LogP contribution in [0, 0.1) is 11.8 Å². The molecule has 0 aromatic heterocycles. The Labute approximate surface area is 173 Å². The summed E-state index contributed by atoms with van der Waals surface area (Å²) in [5.41, 5.74) is 0.910. The Morgan fingerprint density at radius 2 is 1.57 bits per heavy atom. The van der Waals surface area contributed by atoms with Gasteiger partial charge in [0.1, 0.15) is 0 Å². The van der Waals surface area contributed by atoms with E-state index in [0.29, 0.717) is 11.6 Å². The Kier molecular flexibility index (Phi) is 5.70. The zero-order valence-corrected chi connectivity index (χ0v) is 17.5. The molecular formula is C19H18Cl2N2O4S. The third kappa shape index (κ3) is 4.66. The zero-order valence-electron chi connectivity index (χ0n) is 15.1. The van der Waals surface area contributed by atoms with E-state index < -0.39 is 15.7 Å². The molecule has 2 N–H and O–H groups in total. The number of sulfone groups is 1. The quantitative estimate of drug-likeness (QED) is 0.726. The second kappa shape index (κ2) is 7.73. The van der Waals surface area contributed by atoms with E-state index in [0.717, 1.165) is 12.7 Å². The van der Waals surface area contributed by atoms with Gasteiger partial charge < -0.3 is 10.6 Å². The fourth-order valence-corrected chi connectivity index (χ4v) is 3.94. The SMILES string of the molecule is C[C@@H]1C[C@H]1C(=O)Nc1cc(Cl)c(NC(=O)c2ccc(S(C)(=O)=O)cc2)c(Cl)c1. The van der Waals surface area contributed by atoms with Gasteiger partial charge in [0.25, 0.3) is 5.91 Å². The second-order valence-corrected chi connectivity index (χ2v) is 9.70. The average molecular weight is 441 g/mol. The van der Waals surface area contributed by atoms with Crippen molar-refractivity contribution in [2.45, 2.75) is 18.2 Å². The molecule has 0 unspecified atom stereocenters. The predicted octanol–water partition coefficient (Wildman–Crippen LogP) is 4.24. The smallest absolute Gasteiger partial charge is 0.255 e. The summed E-state index contributed by atoms with van der Waals surface area (Å²) >= 11 is 12.5. The summed E-state index contributed by atoms with van der Waals surface area (Å²) in [7, 11) is -3.35. The van der Waals surface area contributed by atoms with Crippen molar-refractivity contribution < 1.29 is 18.0 Å². The van der Waals surface area contributed by atoms with Crippen LogP contribution in [0.15, 0.2) is 41.3 Å². The Balaban J connectivity index is 1.74. The van der Waals surface area contributed by atoms with Gasteiger partial charge in [0.2, 0.25) is 5.91 Å². The molecule has 0 heterocycles. The van der Waals surface area contributed by atoms with Crippen molar-refractivity contribution in [3.8, 4) is 0 Å². The fraction of sp³-hybridized carbons (Fsp3) is 0.263. The van der Waals surface area contributed by atoms with E-state index in [1.54, 1.807) is 0 Å². The zero-order chi connectivity index (χ0) is 20.6. The van der Waals surface area contributed by atoms with Gasteiger partial charge in [0.15, 0.2) is 9.84 Å². The van der Waals surface area contributed by atoms with E-state index in [1.807, 2.05) is 6.92 Å². The van der Waals surface area contributed by atoms with E-state index in [2.05, 4.69) is 10.6 Å². The van der Waals surface area contributed by atoms with Gasteiger partial charge in [-0.1, -0.05) is 30.1 Å². The van der Waals surface area contributed by atoms with Crippen LogP contribution in [-0.2, 0) is 14.6 Å². The number of benzene rings is 2. The molecule has 0 aliphatic heterocycles. The number of amides is 2. The molecule has 148 valence electrons. The highest BCUT2D eigenvalue weighted by Gasteiger charge is 2.39. The van der Waals surface area contributed by atoms with Gasteiger partial charge in [-0.15, -0.1) is 0 Å². The minimum atomic E-state index is -3.35. The molecule has 2 atom stereocenters. The molecule has 0 bridgehead atoms. The summed E-state index contributed by atoms with van der Waals surface area (Å²) in [4.78, 5) is 24.6. The highest BCUT2D eigenvalue weighted by molar-refractivity contribution is 7.90. The van der Waals surface area contributed by atoms with Crippen molar-refractivity contribution in [3.05, 3.63) is 52.0 Å². The van der Waals surface area contributed by atoms with Crippen LogP contribution >= 0.6 is 23.2 Å². The van der Waals surface area contributed by atoms with Gasteiger partial charge in [0.05, 0.1) is 20.6 Å². The largest absolute Gasteiger partial charge is 0.326 e. The van der Waals surface area contributed by atoms with Crippen molar-refractivity contribution >= 4 is 56.2 Å². The molecule has 1 fully saturated rings. The first kappa shape index (κ1) is 20.6. The van der Waals surface area contributed by atoms with Gasteiger partial charge in [0, 0.05) is 23.4 Å². The lowest BCUT2D eigenvalue weighted by Crippen LogP contribution is -2.15. The van der Waals surface area contributed by atoms with E-state index in [-0.39, 0.29) is 38.0 Å². The third-order valence-corrected chi connectivity index (χ3v) is 6.26. The number of nitrogens with one attached hydrogen (secondary N) is 2. The molecule has 1 aliphatic carbocycles. The summed E-state index contributed by atoms with van der Waals surface area (Å²) in [5, 5.41) is 5.73. The molecule has 28 heavy (non-hydrogen) atoms. The maximum absolute atomic E-state index is 12.4. The summed E-state index contributed by atoms with van der Waals surface area (Å²) < 4.78 is 23.0. The van der Waals surface area contributed by atoms with Gasteiger partial charge in [-0.25, -0.2) is 8.42 Å². The molecule has 2 aromatic carbocycles. The van der Waals surface area contributed by atoms with E-state index in [9.17, 15) is 18.0 Å². The maximum atomic E-state index is 12.4. The monoisotopic (exact) mass is 440 g/mol. The Morgan fingerprint density at radius 1 is 1.04 bits per heavy atom. The lowest BCUT2D eigenvalue weighted by atomic mass is 10.2. The first-order valence-electron chi connectivity index (χ1n) is 8.47. The number of carbonyl (C=O) groups is 2. The van der Waals surface area contributed by atoms with Crippen molar-refractivity contribution in [1.82, 2.24) is 0 Å². The molecule has 0 radical (unpaired) electrons. The van der Waals surface area contributed by atoms with Crippen LogP contribution in [-0.4, -0.2) is 26.5 Å². The first-order valence-corrected chi connectivity index (χ1v) is 11.1. The highest BCUT2D eigenvalue weighted by Crippen LogP contribution is 2.39. The topological polar surface area (TPSA) is 92.3 Å². The number of anilines is 2. The van der Waals surface area contributed by atoms with Crippen LogP contribution in [0.25, 0.3) is 0 Å². The fourth-order valence-electron chi connectivity index (χ4n) is 2.73. The van der Waals surface area contributed by atoms with Crippen LogP contribution in [0.4, 0.5) is 11.4 Å². The molecule has 2 aromatic rings. The molecule has 0 saturated heterocycles. The molecule has 1 saturated carbocycles. The second-order valence-electron chi connectivity index (χ2n) is 6.87. The maximum Gasteiger partial charge on any atom is 0.255 e.